The van der Waals surface area contributed by atoms with E-state index in [2.05, 4.69) is 10.3 Å². The van der Waals surface area contributed by atoms with E-state index >= 15 is 0 Å². The Balaban J connectivity index is 1.80. The summed E-state index contributed by atoms with van der Waals surface area (Å²) in [6, 6.07) is 17.4. The second-order valence-electron chi connectivity index (χ2n) is 7.71. The van der Waals surface area contributed by atoms with Crippen LogP contribution in [0.25, 0.3) is 0 Å². The highest BCUT2D eigenvalue weighted by atomic mass is 35.5. The molecule has 0 radical (unpaired) electrons. The topological polar surface area (TPSA) is 68.9 Å². The molecule has 4 nitrogen and oxygen atoms in total. The molecule has 30 heavy (non-hydrogen) atoms. The van der Waals surface area contributed by atoms with Gasteiger partial charge in [-0.3, -0.25) is 10.3 Å². The fourth-order valence-corrected chi connectivity index (χ4v) is 4.02. The number of pyridine rings is 1. The van der Waals surface area contributed by atoms with Crippen molar-refractivity contribution in [3.63, 3.8) is 0 Å². The standard InChI is InChI=1S/C24H21ClFN3O/c1-15-2-11-22(28-14-15)24(18-5-6-18,19-7-9-20(25)10-8-19)29-23(30)16-3-4-17(13-27)21(26)12-16/h2-4,7-12,14,18,23,29-30H,5-6H2,1H3. The Hall–Kier alpha value is -2.78. The van der Waals surface area contributed by atoms with Crippen LogP contribution >= 0.6 is 11.6 Å². The molecule has 0 saturated heterocycles. The number of aryl methyl sites for hydroxylation is 1. The molecule has 2 N–H and O–H groups in total. The highest BCUT2D eigenvalue weighted by Crippen LogP contribution is 2.50. The van der Waals surface area contributed by atoms with Crippen molar-refractivity contribution in [2.45, 2.75) is 31.5 Å². The molecule has 1 saturated carbocycles. The fraction of sp³-hybridized carbons (Fsp3) is 0.250. The Morgan fingerprint density at radius 3 is 2.50 bits per heavy atom. The van der Waals surface area contributed by atoms with Crippen LogP contribution in [0.3, 0.4) is 0 Å². The van der Waals surface area contributed by atoms with Crippen molar-refractivity contribution in [1.29, 1.82) is 5.26 Å². The van der Waals surface area contributed by atoms with Gasteiger partial charge in [0, 0.05) is 11.2 Å². The van der Waals surface area contributed by atoms with Crippen LogP contribution in [0.2, 0.25) is 5.02 Å². The van der Waals surface area contributed by atoms with E-state index < -0.39 is 17.6 Å². The summed E-state index contributed by atoms with van der Waals surface area (Å²) in [7, 11) is 0. The molecule has 1 heterocycles. The van der Waals surface area contributed by atoms with Crippen LogP contribution in [0, 0.1) is 30.0 Å². The van der Waals surface area contributed by atoms with Crippen LogP contribution in [0.5, 0.6) is 0 Å². The number of nitrogens with one attached hydrogen (secondary N) is 1. The maximum atomic E-state index is 14.2. The van der Waals surface area contributed by atoms with Crippen molar-refractivity contribution < 1.29 is 9.50 Å². The summed E-state index contributed by atoms with van der Waals surface area (Å²) < 4.78 is 14.2. The summed E-state index contributed by atoms with van der Waals surface area (Å²) in [5, 5.41) is 24.0. The third-order valence-corrected chi connectivity index (χ3v) is 5.85. The lowest BCUT2D eigenvalue weighted by Gasteiger charge is -2.38. The number of aliphatic hydroxyl groups excluding tert-OH is 1. The number of nitriles is 1. The predicted octanol–water partition coefficient (Wildman–Crippen LogP) is 4.99. The molecular formula is C24H21ClFN3O. The van der Waals surface area contributed by atoms with Crippen LogP contribution in [-0.2, 0) is 5.54 Å². The number of benzene rings is 2. The molecule has 1 aliphatic carbocycles. The molecule has 2 aromatic carbocycles. The van der Waals surface area contributed by atoms with E-state index in [1.54, 1.807) is 18.3 Å². The maximum absolute atomic E-state index is 14.2. The van der Waals surface area contributed by atoms with E-state index in [4.69, 9.17) is 16.9 Å². The van der Waals surface area contributed by atoms with E-state index in [0.717, 1.165) is 29.7 Å². The Kier molecular flexibility index (Phi) is 5.57. The Labute approximate surface area is 180 Å². The van der Waals surface area contributed by atoms with Crippen LogP contribution in [-0.4, -0.2) is 10.1 Å². The highest BCUT2D eigenvalue weighted by molar-refractivity contribution is 6.30. The zero-order chi connectivity index (χ0) is 21.3. The molecule has 4 rings (SSSR count). The summed E-state index contributed by atoms with van der Waals surface area (Å²) in [5.74, 6) is -0.445. The molecule has 2 atom stereocenters. The highest BCUT2D eigenvalue weighted by Gasteiger charge is 2.49. The van der Waals surface area contributed by atoms with E-state index in [1.807, 2.05) is 43.3 Å². The van der Waals surface area contributed by atoms with Gasteiger partial charge in [-0.15, -0.1) is 0 Å². The number of nitrogens with zero attached hydrogens (tertiary/aromatic N) is 2. The molecule has 0 spiro atoms. The smallest absolute Gasteiger partial charge is 0.141 e. The largest absolute Gasteiger partial charge is 0.374 e. The molecule has 2 unspecified atom stereocenters. The van der Waals surface area contributed by atoms with Crippen LogP contribution < -0.4 is 5.32 Å². The number of rotatable bonds is 6. The summed E-state index contributed by atoms with van der Waals surface area (Å²) in [5.41, 5.74) is 2.27. The predicted molar refractivity (Wildman–Crippen MR) is 113 cm³/mol. The first-order valence-electron chi connectivity index (χ1n) is 9.78. The quantitative estimate of drug-likeness (QED) is 0.550. The average molecular weight is 422 g/mol. The molecule has 0 amide bonds. The number of aromatic nitrogens is 1. The normalized spacial score (nSPS) is 16.5. The van der Waals surface area contributed by atoms with Gasteiger partial charge in [0.2, 0.25) is 0 Å². The van der Waals surface area contributed by atoms with Gasteiger partial charge in [0.1, 0.15) is 18.1 Å². The van der Waals surface area contributed by atoms with E-state index in [1.165, 1.54) is 12.1 Å². The minimum atomic E-state index is -1.16. The molecule has 1 aromatic heterocycles. The first kappa shape index (κ1) is 20.5. The van der Waals surface area contributed by atoms with E-state index in [0.29, 0.717) is 10.6 Å². The molecule has 1 aliphatic rings. The summed E-state index contributed by atoms with van der Waals surface area (Å²) in [6.07, 6.45) is 2.59. The molecule has 3 aromatic rings. The van der Waals surface area contributed by atoms with Crippen LogP contribution in [0.1, 0.15) is 47.0 Å². The van der Waals surface area contributed by atoms with Gasteiger partial charge in [-0.1, -0.05) is 35.9 Å². The van der Waals surface area contributed by atoms with Crippen molar-refractivity contribution >= 4 is 11.6 Å². The third kappa shape index (κ3) is 3.82. The van der Waals surface area contributed by atoms with Crippen molar-refractivity contribution in [3.8, 4) is 6.07 Å². The van der Waals surface area contributed by atoms with E-state index in [9.17, 15) is 9.50 Å². The van der Waals surface area contributed by atoms with Gasteiger partial charge in [0.15, 0.2) is 0 Å². The van der Waals surface area contributed by atoms with Crippen molar-refractivity contribution in [1.82, 2.24) is 10.3 Å². The van der Waals surface area contributed by atoms with Gasteiger partial charge in [-0.25, -0.2) is 4.39 Å². The minimum Gasteiger partial charge on any atom is -0.374 e. The summed E-state index contributed by atoms with van der Waals surface area (Å²) in [4.78, 5) is 4.68. The fourth-order valence-electron chi connectivity index (χ4n) is 3.89. The van der Waals surface area contributed by atoms with Crippen molar-refractivity contribution in [3.05, 3.63) is 99.6 Å². The second kappa shape index (κ2) is 8.16. The lowest BCUT2D eigenvalue weighted by Crippen LogP contribution is -2.48. The zero-order valence-electron chi connectivity index (χ0n) is 16.4. The van der Waals surface area contributed by atoms with Gasteiger partial charge >= 0.3 is 0 Å². The van der Waals surface area contributed by atoms with Crippen molar-refractivity contribution in [2.75, 3.05) is 0 Å². The van der Waals surface area contributed by atoms with Crippen LogP contribution in [0.15, 0.2) is 60.8 Å². The maximum Gasteiger partial charge on any atom is 0.141 e. The molecule has 152 valence electrons. The van der Waals surface area contributed by atoms with Gasteiger partial charge < -0.3 is 5.11 Å². The molecule has 1 fully saturated rings. The van der Waals surface area contributed by atoms with Crippen molar-refractivity contribution in [2.24, 2.45) is 5.92 Å². The SMILES string of the molecule is Cc1ccc(C(NC(O)c2ccc(C#N)c(F)c2)(c2ccc(Cl)cc2)C2CC2)nc1. The van der Waals surface area contributed by atoms with Crippen LogP contribution in [0.4, 0.5) is 4.39 Å². The zero-order valence-corrected chi connectivity index (χ0v) is 17.2. The minimum absolute atomic E-state index is 0.0580. The first-order valence-corrected chi connectivity index (χ1v) is 10.2. The Morgan fingerprint density at radius 1 is 1.20 bits per heavy atom. The Morgan fingerprint density at radius 2 is 1.93 bits per heavy atom. The number of hydrogen-bond acceptors (Lipinski definition) is 4. The number of aliphatic hydroxyl groups is 1. The molecule has 0 bridgehead atoms. The monoisotopic (exact) mass is 421 g/mol. The first-order chi connectivity index (χ1) is 14.4. The summed E-state index contributed by atoms with van der Waals surface area (Å²) in [6.45, 7) is 1.97. The molecular weight excluding hydrogens is 401 g/mol. The van der Waals surface area contributed by atoms with Gasteiger partial charge in [-0.2, -0.15) is 5.26 Å². The van der Waals surface area contributed by atoms with Gasteiger partial charge in [0.25, 0.3) is 0 Å². The second-order valence-corrected chi connectivity index (χ2v) is 8.14. The van der Waals surface area contributed by atoms with E-state index in [-0.39, 0.29) is 11.5 Å². The van der Waals surface area contributed by atoms with Gasteiger partial charge in [-0.05, 0) is 72.7 Å². The summed E-state index contributed by atoms with van der Waals surface area (Å²) >= 11 is 6.12. The average Bonchev–Trinajstić information content (AvgIpc) is 3.59. The Bertz CT molecular complexity index is 1040. The molecule has 6 heteroatoms. The number of halogens is 2. The lowest BCUT2D eigenvalue weighted by atomic mass is 9.80. The number of hydrogen-bond donors (Lipinski definition) is 2. The lowest BCUT2D eigenvalue weighted by molar-refractivity contribution is 0.0921. The van der Waals surface area contributed by atoms with Gasteiger partial charge in [0.05, 0.1) is 16.8 Å². The molecule has 0 aliphatic heterocycles. The third-order valence-electron chi connectivity index (χ3n) is 5.60.